The average molecular weight is 181 g/mol. The van der Waals surface area contributed by atoms with E-state index < -0.39 is 0 Å². The topological polar surface area (TPSA) is 27.1 Å². The summed E-state index contributed by atoms with van der Waals surface area (Å²) in [6, 6.07) is 0. The Kier molecular flexibility index (Phi) is 4.54. The van der Waals surface area contributed by atoms with Gasteiger partial charge in [0.25, 0.3) is 0 Å². The third kappa shape index (κ3) is 3.59. The third-order valence-corrected chi connectivity index (χ3v) is 2.00. The highest BCUT2D eigenvalue weighted by atomic mass is 16.5. The molecule has 13 heavy (non-hydrogen) atoms. The molecule has 0 atom stereocenters. The van der Waals surface area contributed by atoms with Crippen LogP contribution in [0.2, 0.25) is 0 Å². The fourth-order valence-corrected chi connectivity index (χ4v) is 1.21. The van der Waals surface area contributed by atoms with E-state index in [9.17, 15) is 0 Å². The van der Waals surface area contributed by atoms with Gasteiger partial charge >= 0.3 is 0 Å². The van der Waals surface area contributed by atoms with E-state index in [4.69, 9.17) is 4.74 Å². The Balaban J connectivity index is 2.10. The molecule has 0 aliphatic carbocycles. The van der Waals surface area contributed by atoms with Crippen molar-refractivity contribution >= 4 is 0 Å². The SMILES string of the molecule is CCOCCCCn1c[c]nc1C. The van der Waals surface area contributed by atoms with Crippen molar-refractivity contribution < 1.29 is 4.74 Å². The third-order valence-electron chi connectivity index (χ3n) is 2.00. The summed E-state index contributed by atoms with van der Waals surface area (Å²) in [5.74, 6) is 1.04. The second-order valence-corrected chi connectivity index (χ2v) is 3.01. The number of hydrogen-bond acceptors (Lipinski definition) is 2. The molecule has 0 spiro atoms. The van der Waals surface area contributed by atoms with Crippen LogP contribution in [0.3, 0.4) is 0 Å². The van der Waals surface area contributed by atoms with Gasteiger partial charge in [-0.05, 0) is 26.7 Å². The highest BCUT2D eigenvalue weighted by molar-refractivity contribution is 4.86. The molecule has 3 nitrogen and oxygen atoms in total. The smallest absolute Gasteiger partial charge is 0.109 e. The van der Waals surface area contributed by atoms with Crippen LogP contribution in [-0.4, -0.2) is 22.8 Å². The number of aromatic nitrogens is 2. The monoisotopic (exact) mass is 181 g/mol. The summed E-state index contributed by atoms with van der Waals surface area (Å²) in [6.45, 7) is 6.73. The molecule has 1 rings (SSSR count). The Bertz CT molecular complexity index is 233. The first-order valence-corrected chi connectivity index (χ1v) is 4.82. The molecular formula is C10H17N2O. The molecule has 1 heterocycles. The lowest BCUT2D eigenvalue weighted by Crippen LogP contribution is -2.01. The number of hydrogen-bond donors (Lipinski definition) is 0. The van der Waals surface area contributed by atoms with Gasteiger partial charge in [-0.15, -0.1) is 0 Å². The summed E-state index contributed by atoms with van der Waals surface area (Å²) >= 11 is 0. The van der Waals surface area contributed by atoms with Gasteiger partial charge in [0, 0.05) is 26.0 Å². The molecule has 0 fully saturated rings. The number of nitrogens with zero attached hydrogens (tertiary/aromatic N) is 2. The van der Waals surface area contributed by atoms with E-state index in [-0.39, 0.29) is 0 Å². The van der Waals surface area contributed by atoms with Crippen LogP contribution in [0.1, 0.15) is 25.6 Å². The van der Waals surface area contributed by atoms with Gasteiger partial charge in [-0.25, -0.2) is 4.98 Å². The van der Waals surface area contributed by atoms with Crippen molar-refractivity contribution in [3.63, 3.8) is 0 Å². The molecule has 0 bridgehead atoms. The van der Waals surface area contributed by atoms with E-state index >= 15 is 0 Å². The predicted octanol–water partition coefficient (Wildman–Crippen LogP) is 1.81. The van der Waals surface area contributed by atoms with Crippen molar-refractivity contribution in [2.75, 3.05) is 13.2 Å². The van der Waals surface area contributed by atoms with Gasteiger partial charge in [0.05, 0.1) is 0 Å². The maximum Gasteiger partial charge on any atom is 0.109 e. The number of imidazole rings is 1. The van der Waals surface area contributed by atoms with E-state index in [0.717, 1.165) is 38.4 Å². The second-order valence-electron chi connectivity index (χ2n) is 3.01. The summed E-state index contributed by atoms with van der Waals surface area (Å²) < 4.78 is 7.37. The first-order valence-electron chi connectivity index (χ1n) is 4.82. The van der Waals surface area contributed by atoms with Crippen LogP contribution in [0.25, 0.3) is 0 Å². The highest BCUT2D eigenvalue weighted by Crippen LogP contribution is 1.99. The van der Waals surface area contributed by atoms with Gasteiger partial charge in [-0.3, -0.25) is 0 Å². The highest BCUT2D eigenvalue weighted by Gasteiger charge is 1.95. The van der Waals surface area contributed by atoms with Crippen LogP contribution < -0.4 is 0 Å². The Morgan fingerprint density at radius 3 is 3.00 bits per heavy atom. The summed E-state index contributed by atoms with van der Waals surface area (Å²) in [5.41, 5.74) is 0. The lowest BCUT2D eigenvalue weighted by Gasteiger charge is -2.04. The van der Waals surface area contributed by atoms with Gasteiger partial charge in [0.2, 0.25) is 0 Å². The van der Waals surface area contributed by atoms with Crippen molar-refractivity contribution in [1.82, 2.24) is 9.55 Å². The zero-order valence-corrected chi connectivity index (χ0v) is 8.42. The molecular weight excluding hydrogens is 164 g/mol. The standard InChI is InChI=1S/C10H17N2O/c1-3-13-9-5-4-7-12-8-6-11-10(12)2/h8H,3-5,7,9H2,1-2H3. The minimum absolute atomic E-state index is 0.817. The summed E-state index contributed by atoms with van der Waals surface area (Å²) in [4.78, 5) is 4.04. The molecule has 0 N–H and O–H groups in total. The quantitative estimate of drug-likeness (QED) is 0.626. The fourth-order valence-electron chi connectivity index (χ4n) is 1.21. The summed E-state index contributed by atoms with van der Waals surface area (Å²) in [6.07, 6.45) is 6.99. The molecule has 0 aromatic carbocycles. The van der Waals surface area contributed by atoms with E-state index in [0.29, 0.717) is 0 Å². The molecule has 3 heteroatoms. The van der Waals surface area contributed by atoms with Crippen LogP contribution in [0.15, 0.2) is 6.20 Å². The molecule has 1 radical (unpaired) electrons. The first kappa shape index (κ1) is 10.3. The molecule has 0 unspecified atom stereocenters. The van der Waals surface area contributed by atoms with Gasteiger partial charge in [-0.1, -0.05) is 0 Å². The molecule has 0 saturated heterocycles. The molecule has 0 saturated carbocycles. The second kappa shape index (κ2) is 5.75. The molecule has 73 valence electrons. The van der Waals surface area contributed by atoms with E-state index in [1.54, 1.807) is 0 Å². The molecule has 0 amide bonds. The average Bonchev–Trinajstić information content (AvgIpc) is 2.52. The lowest BCUT2D eigenvalue weighted by atomic mass is 10.3. The summed E-state index contributed by atoms with van der Waals surface area (Å²) in [5, 5.41) is 0. The Morgan fingerprint density at radius 1 is 1.54 bits per heavy atom. The molecule has 0 aliphatic heterocycles. The first-order chi connectivity index (χ1) is 6.34. The maximum atomic E-state index is 5.25. The van der Waals surface area contributed by atoms with Crippen molar-refractivity contribution in [3.05, 3.63) is 18.2 Å². The van der Waals surface area contributed by atoms with Crippen molar-refractivity contribution in [2.24, 2.45) is 0 Å². The van der Waals surface area contributed by atoms with Crippen LogP contribution in [0.4, 0.5) is 0 Å². The van der Waals surface area contributed by atoms with Gasteiger partial charge in [0.1, 0.15) is 12.0 Å². The normalized spacial score (nSPS) is 10.6. The predicted molar refractivity (Wildman–Crippen MR) is 51.5 cm³/mol. The Morgan fingerprint density at radius 2 is 2.38 bits per heavy atom. The van der Waals surface area contributed by atoms with Crippen LogP contribution >= 0.6 is 0 Å². The number of unbranched alkanes of at least 4 members (excludes halogenated alkanes) is 1. The Hall–Kier alpha value is -0.830. The lowest BCUT2D eigenvalue weighted by molar-refractivity contribution is 0.142. The minimum Gasteiger partial charge on any atom is -0.382 e. The van der Waals surface area contributed by atoms with Crippen LogP contribution in [0.5, 0.6) is 0 Å². The summed E-state index contributed by atoms with van der Waals surface area (Å²) in [7, 11) is 0. The van der Waals surface area contributed by atoms with Crippen molar-refractivity contribution in [1.29, 1.82) is 0 Å². The minimum atomic E-state index is 0.817. The largest absolute Gasteiger partial charge is 0.382 e. The van der Waals surface area contributed by atoms with E-state index in [1.807, 2.05) is 20.0 Å². The van der Waals surface area contributed by atoms with Crippen LogP contribution in [0, 0.1) is 13.1 Å². The van der Waals surface area contributed by atoms with Gasteiger partial charge in [0.15, 0.2) is 0 Å². The van der Waals surface area contributed by atoms with Gasteiger partial charge in [-0.2, -0.15) is 0 Å². The molecule has 1 aromatic rings. The zero-order chi connectivity index (χ0) is 9.52. The number of rotatable bonds is 6. The van der Waals surface area contributed by atoms with Crippen LogP contribution in [-0.2, 0) is 11.3 Å². The van der Waals surface area contributed by atoms with E-state index in [2.05, 4.69) is 15.7 Å². The fraction of sp³-hybridized carbons (Fsp3) is 0.700. The number of ether oxygens (including phenoxy) is 1. The van der Waals surface area contributed by atoms with Crippen molar-refractivity contribution in [3.8, 4) is 0 Å². The zero-order valence-electron chi connectivity index (χ0n) is 8.42. The van der Waals surface area contributed by atoms with Crippen molar-refractivity contribution in [2.45, 2.75) is 33.2 Å². The number of aryl methyl sites for hydroxylation is 2. The molecule has 0 aliphatic rings. The molecule has 1 aromatic heterocycles. The maximum absolute atomic E-state index is 5.25. The Labute approximate surface area is 79.7 Å². The van der Waals surface area contributed by atoms with Gasteiger partial charge < -0.3 is 9.30 Å². The van der Waals surface area contributed by atoms with E-state index in [1.165, 1.54) is 0 Å².